The molecule has 1 aromatic heterocycles. The number of piperazine rings is 1. The minimum absolute atomic E-state index is 0. The molecule has 1 aliphatic heterocycles. The lowest BCUT2D eigenvalue weighted by molar-refractivity contribution is 0.365. The summed E-state index contributed by atoms with van der Waals surface area (Å²) < 4.78 is 7.66. The Hall–Kier alpha value is -1.69. The molecule has 8 nitrogen and oxygen atoms in total. The highest BCUT2D eigenvalue weighted by Crippen LogP contribution is 2.28. The fourth-order valence-electron chi connectivity index (χ4n) is 3.74. The number of hydrogen-bond acceptors (Lipinski definition) is 6. The molecule has 1 saturated heterocycles. The molecule has 0 spiro atoms. The largest absolute Gasteiger partial charge is 0.495 e. The van der Waals surface area contributed by atoms with E-state index in [2.05, 4.69) is 55.2 Å². The number of benzene rings is 1. The van der Waals surface area contributed by atoms with Gasteiger partial charge in [-0.1, -0.05) is 19.1 Å². The van der Waals surface area contributed by atoms with Gasteiger partial charge in [0.1, 0.15) is 17.9 Å². The Labute approximate surface area is 213 Å². The van der Waals surface area contributed by atoms with Gasteiger partial charge >= 0.3 is 0 Å². The molecule has 0 aliphatic carbocycles. The Balaban J connectivity index is 0.00000363. The van der Waals surface area contributed by atoms with Gasteiger partial charge in [-0.15, -0.1) is 34.2 Å². The fraction of sp³-hybridized carbons (Fsp3) is 0.591. The maximum Gasteiger partial charge on any atom is 0.194 e. The quantitative estimate of drug-likeness (QED) is 0.203. The highest BCUT2D eigenvalue weighted by Gasteiger charge is 2.21. The summed E-state index contributed by atoms with van der Waals surface area (Å²) in [5.74, 6) is 4.09. The van der Waals surface area contributed by atoms with Crippen LogP contribution in [-0.4, -0.2) is 84.0 Å². The summed E-state index contributed by atoms with van der Waals surface area (Å²) in [6.07, 6.45) is 5.94. The van der Waals surface area contributed by atoms with Crippen LogP contribution >= 0.6 is 35.7 Å². The Bertz CT molecular complexity index is 824. The average molecular weight is 574 g/mol. The molecule has 2 aromatic rings. The number of nitrogens with zero attached hydrogens (tertiary/aromatic N) is 6. The van der Waals surface area contributed by atoms with Crippen molar-refractivity contribution in [3.05, 3.63) is 36.4 Å². The Morgan fingerprint density at radius 2 is 2.00 bits per heavy atom. The number of thioether (sulfide) groups is 1. The maximum atomic E-state index is 5.55. The zero-order chi connectivity index (χ0) is 21.9. The summed E-state index contributed by atoms with van der Waals surface area (Å²) in [5.41, 5.74) is 1.16. The standard InChI is InChI=1S/C22H35N7OS.HI/c1-4-21-26-25-18-29(21)12-11-24-22(23-10-7-17-31-3)28-15-13-27(14-16-28)19-8-5-6-9-20(19)30-2;/h5-6,8-9,18H,4,7,10-17H2,1-3H3,(H,23,24);1H. The highest BCUT2D eigenvalue weighted by atomic mass is 127. The molecule has 1 aromatic carbocycles. The number of methoxy groups -OCH3 is 1. The number of aliphatic imine (C=N–C) groups is 1. The van der Waals surface area contributed by atoms with E-state index < -0.39 is 0 Å². The Morgan fingerprint density at radius 3 is 2.72 bits per heavy atom. The number of aryl methyl sites for hydroxylation is 1. The number of halogens is 1. The summed E-state index contributed by atoms with van der Waals surface area (Å²) in [5, 5.41) is 11.8. The minimum Gasteiger partial charge on any atom is -0.495 e. The third-order valence-electron chi connectivity index (χ3n) is 5.42. The van der Waals surface area contributed by atoms with Gasteiger partial charge < -0.3 is 24.4 Å². The molecule has 1 fully saturated rings. The van der Waals surface area contributed by atoms with Gasteiger partial charge in [0.25, 0.3) is 0 Å². The van der Waals surface area contributed by atoms with E-state index in [1.165, 1.54) is 0 Å². The number of anilines is 1. The predicted octanol–water partition coefficient (Wildman–Crippen LogP) is 2.99. The summed E-state index contributed by atoms with van der Waals surface area (Å²) in [6.45, 7) is 8.34. The van der Waals surface area contributed by atoms with Gasteiger partial charge in [-0.3, -0.25) is 4.99 Å². The van der Waals surface area contributed by atoms with E-state index in [1.807, 2.05) is 30.2 Å². The Kier molecular flexibility index (Phi) is 12.0. The van der Waals surface area contributed by atoms with Crippen LogP contribution in [0.1, 0.15) is 19.2 Å². The monoisotopic (exact) mass is 573 g/mol. The van der Waals surface area contributed by atoms with E-state index in [-0.39, 0.29) is 24.0 Å². The van der Waals surface area contributed by atoms with Crippen LogP contribution in [0.5, 0.6) is 5.75 Å². The van der Waals surface area contributed by atoms with Gasteiger partial charge in [-0.25, -0.2) is 0 Å². The molecule has 1 aliphatic rings. The lowest BCUT2D eigenvalue weighted by atomic mass is 10.2. The van der Waals surface area contributed by atoms with Crippen LogP contribution in [0.2, 0.25) is 0 Å². The molecule has 0 bridgehead atoms. The smallest absolute Gasteiger partial charge is 0.194 e. The van der Waals surface area contributed by atoms with Gasteiger partial charge in [-0.05, 0) is 30.6 Å². The fourth-order valence-corrected chi connectivity index (χ4v) is 4.16. The highest BCUT2D eigenvalue weighted by molar-refractivity contribution is 14.0. The molecule has 3 rings (SSSR count). The van der Waals surface area contributed by atoms with Crippen molar-refractivity contribution in [3.63, 3.8) is 0 Å². The average Bonchev–Trinajstić information content (AvgIpc) is 3.28. The zero-order valence-electron chi connectivity index (χ0n) is 19.4. The van der Waals surface area contributed by atoms with Crippen LogP contribution in [0.25, 0.3) is 0 Å². The molecule has 0 radical (unpaired) electrons. The molecular formula is C22H36IN7OS. The number of hydrogen-bond donors (Lipinski definition) is 1. The van der Waals surface area contributed by atoms with Crippen molar-refractivity contribution in [2.75, 3.05) is 63.3 Å². The first kappa shape index (κ1) is 26.6. The van der Waals surface area contributed by atoms with Crippen LogP contribution in [0.15, 0.2) is 35.6 Å². The first-order chi connectivity index (χ1) is 15.3. The predicted molar refractivity (Wildman–Crippen MR) is 145 cm³/mol. The van der Waals surface area contributed by atoms with E-state index >= 15 is 0 Å². The number of para-hydroxylation sites is 2. The van der Waals surface area contributed by atoms with Gasteiger partial charge in [0.15, 0.2) is 5.96 Å². The normalized spacial score (nSPS) is 14.3. The molecule has 32 heavy (non-hydrogen) atoms. The van der Waals surface area contributed by atoms with Gasteiger partial charge in [-0.2, -0.15) is 11.8 Å². The number of guanidine groups is 1. The molecule has 0 atom stereocenters. The third-order valence-corrected chi connectivity index (χ3v) is 6.12. The third kappa shape index (κ3) is 7.43. The van der Waals surface area contributed by atoms with Gasteiger partial charge in [0.05, 0.1) is 12.8 Å². The van der Waals surface area contributed by atoms with Crippen LogP contribution in [-0.2, 0) is 13.0 Å². The lowest BCUT2D eigenvalue weighted by Gasteiger charge is -2.38. The molecule has 0 unspecified atom stereocenters. The van der Waals surface area contributed by atoms with Crippen LogP contribution in [0.3, 0.4) is 0 Å². The van der Waals surface area contributed by atoms with Crippen molar-refractivity contribution in [2.24, 2.45) is 4.99 Å². The van der Waals surface area contributed by atoms with Gasteiger partial charge in [0.2, 0.25) is 0 Å². The number of nitrogens with one attached hydrogen (secondary N) is 1. The molecule has 178 valence electrons. The van der Waals surface area contributed by atoms with Crippen LogP contribution in [0.4, 0.5) is 5.69 Å². The van der Waals surface area contributed by atoms with Gasteiger partial charge in [0, 0.05) is 52.2 Å². The van der Waals surface area contributed by atoms with Crippen LogP contribution in [0, 0.1) is 0 Å². The zero-order valence-corrected chi connectivity index (χ0v) is 22.5. The second-order valence-corrected chi connectivity index (χ2v) is 8.40. The van der Waals surface area contributed by atoms with Crippen molar-refractivity contribution >= 4 is 47.4 Å². The lowest BCUT2D eigenvalue weighted by Crippen LogP contribution is -2.53. The van der Waals surface area contributed by atoms with E-state index in [9.17, 15) is 0 Å². The van der Waals surface area contributed by atoms with Crippen molar-refractivity contribution in [2.45, 2.75) is 26.3 Å². The number of ether oxygens (including phenoxy) is 1. The maximum absolute atomic E-state index is 5.55. The summed E-state index contributed by atoms with van der Waals surface area (Å²) in [4.78, 5) is 9.68. The van der Waals surface area contributed by atoms with Crippen molar-refractivity contribution < 1.29 is 4.74 Å². The van der Waals surface area contributed by atoms with E-state index in [0.29, 0.717) is 0 Å². The second-order valence-electron chi connectivity index (χ2n) is 7.42. The Morgan fingerprint density at radius 1 is 1.22 bits per heavy atom. The molecular weight excluding hydrogens is 537 g/mol. The molecule has 2 heterocycles. The second kappa shape index (κ2) is 14.5. The van der Waals surface area contributed by atoms with E-state index in [1.54, 1.807) is 7.11 Å². The number of rotatable bonds is 10. The summed E-state index contributed by atoms with van der Waals surface area (Å²) in [6, 6.07) is 8.24. The molecule has 0 amide bonds. The van der Waals surface area contributed by atoms with Crippen molar-refractivity contribution in [1.82, 2.24) is 25.0 Å². The molecule has 0 saturated carbocycles. The van der Waals surface area contributed by atoms with Crippen LogP contribution < -0.4 is 15.0 Å². The summed E-state index contributed by atoms with van der Waals surface area (Å²) >= 11 is 1.87. The van der Waals surface area contributed by atoms with Crippen molar-refractivity contribution in [3.8, 4) is 5.75 Å². The summed E-state index contributed by atoms with van der Waals surface area (Å²) in [7, 11) is 1.73. The number of aromatic nitrogens is 3. The molecule has 1 N–H and O–H groups in total. The van der Waals surface area contributed by atoms with E-state index in [4.69, 9.17) is 9.73 Å². The molecule has 10 heteroatoms. The first-order valence-corrected chi connectivity index (χ1v) is 12.4. The SMILES string of the molecule is CCc1nncn1CCNC(=NCCCSC)N1CCN(c2ccccc2OC)CC1.I. The first-order valence-electron chi connectivity index (χ1n) is 11.0. The minimum atomic E-state index is 0. The van der Waals surface area contributed by atoms with Crippen molar-refractivity contribution in [1.29, 1.82) is 0 Å². The van der Waals surface area contributed by atoms with E-state index in [0.717, 1.165) is 87.6 Å². The topological polar surface area (TPSA) is 70.8 Å².